The molecule has 1 atom stereocenters. The molecule has 1 N–H and O–H groups in total. The summed E-state index contributed by atoms with van der Waals surface area (Å²) in [6.45, 7) is 6.44. The molecule has 8 heteroatoms. The third-order valence-corrected chi connectivity index (χ3v) is 4.45. The number of rotatable bonds is 6. The van der Waals surface area contributed by atoms with Gasteiger partial charge in [-0.3, -0.25) is 14.6 Å². The maximum atomic E-state index is 12.4. The lowest BCUT2D eigenvalue weighted by molar-refractivity contribution is -0.143. The van der Waals surface area contributed by atoms with Crippen LogP contribution < -0.4 is 5.32 Å². The Labute approximate surface area is 149 Å². The maximum absolute atomic E-state index is 12.4. The smallest absolute Gasteiger partial charge is 0.305 e. The molecule has 2 aliphatic heterocycles. The van der Waals surface area contributed by atoms with Crippen molar-refractivity contribution in [3.05, 3.63) is 0 Å². The molecule has 2 rings (SSSR count). The lowest BCUT2D eigenvalue weighted by atomic mass is 10.2. The summed E-state index contributed by atoms with van der Waals surface area (Å²) in [4.78, 5) is 32.0. The molecule has 25 heavy (non-hydrogen) atoms. The van der Waals surface area contributed by atoms with Crippen molar-refractivity contribution in [2.45, 2.75) is 38.7 Å². The molecule has 0 spiro atoms. The summed E-state index contributed by atoms with van der Waals surface area (Å²) in [5.74, 6) is 0.767. The number of hydrogen-bond acceptors (Lipinski definition) is 5. The average Bonchev–Trinajstić information content (AvgIpc) is 3.16. The standard InChI is InChI=1S/C17H30N4O4/c1-3-24-15(22)7-4-8-19-17(18-2)21-11-9-20(10-12-21)16(23)14-6-5-13-25-14/h14H,3-13H2,1-2H3,(H,18,19). The van der Waals surface area contributed by atoms with Crippen LogP contribution in [-0.4, -0.2) is 86.7 Å². The van der Waals surface area contributed by atoms with Crippen molar-refractivity contribution in [1.82, 2.24) is 15.1 Å². The summed E-state index contributed by atoms with van der Waals surface area (Å²) < 4.78 is 10.4. The van der Waals surface area contributed by atoms with Gasteiger partial charge in [-0.15, -0.1) is 0 Å². The molecule has 0 aromatic rings. The zero-order chi connectivity index (χ0) is 18.1. The Morgan fingerprint density at radius 3 is 2.56 bits per heavy atom. The molecule has 0 saturated carbocycles. The van der Waals surface area contributed by atoms with E-state index in [0.717, 1.165) is 31.9 Å². The molecule has 0 radical (unpaired) electrons. The Bertz CT molecular complexity index is 469. The van der Waals surface area contributed by atoms with E-state index in [2.05, 4.69) is 15.2 Å². The molecule has 142 valence electrons. The van der Waals surface area contributed by atoms with Gasteiger partial charge in [0.1, 0.15) is 6.10 Å². The van der Waals surface area contributed by atoms with Crippen LogP contribution in [0.1, 0.15) is 32.6 Å². The number of carbonyl (C=O) groups excluding carboxylic acids is 2. The second-order valence-corrected chi connectivity index (χ2v) is 6.20. The first-order chi connectivity index (χ1) is 12.2. The van der Waals surface area contributed by atoms with Gasteiger partial charge < -0.3 is 24.6 Å². The number of esters is 1. The topological polar surface area (TPSA) is 83.5 Å². The summed E-state index contributed by atoms with van der Waals surface area (Å²) in [7, 11) is 1.75. The Morgan fingerprint density at radius 1 is 1.24 bits per heavy atom. The third kappa shape index (κ3) is 5.88. The van der Waals surface area contributed by atoms with Crippen LogP contribution in [0.2, 0.25) is 0 Å². The Balaban J connectivity index is 1.68. The van der Waals surface area contributed by atoms with Crippen LogP contribution in [0.25, 0.3) is 0 Å². The third-order valence-electron chi connectivity index (χ3n) is 4.45. The Kier molecular flexibility index (Phi) is 7.97. The van der Waals surface area contributed by atoms with Gasteiger partial charge in [-0.1, -0.05) is 0 Å². The van der Waals surface area contributed by atoms with E-state index in [1.165, 1.54) is 0 Å². The fraction of sp³-hybridized carbons (Fsp3) is 0.824. The van der Waals surface area contributed by atoms with Crippen LogP contribution in [0.5, 0.6) is 0 Å². The molecule has 2 aliphatic rings. The first-order valence-corrected chi connectivity index (χ1v) is 9.17. The van der Waals surface area contributed by atoms with E-state index < -0.39 is 0 Å². The predicted octanol–water partition coefficient (Wildman–Crippen LogP) is 0.228. The van der Waals surface area contributed by atoms with Crippen molar-refractivity contribution in [2.24, 2.45) is 4.99 Å². The first-order valence-electron chi connectivity index (χ1n) is 9.17. The van der Waals surface area contributed by atoms with Crippen molar-refractivity contribution >= 4 is 17.8 Å². The highest BCUT2D eigenvalue weighted by atomic mass is 16.5. The SMILES string of the molecule is CCOC(=O)CCCNC(=NC)N1CCN(C(=O)C2CCCO2)CC1. The molecular formula is C17H30N4O4. The Morgan fingerprint density at radius 2 is 1.96 bits per heavy atom. The van der Waals surface area contributed by atoms with Gasteiger partial charge in [0.05, 0.1) is 6.61 Å². The molecular weight excluding hydrogens is 324 g/mol. The minimum Gasteiger partial charge on any atom is -0.466 e. The number of piperazine rings is 1. The number of nitrogens with one attached hydrogen (secondary N) is 1. The van der Waals surface area contributed by atoms with E-state index in [1.807, 2.05) is 4.90 Å². The highest BCUT2D eigenvalue weighted by molar-refractivity contribution is 5.82. The zero-order valence-electron chi connectivity index (χ0n) is 15.3. The van der Waals surface area contributed by atoms with Gasteiger partial charge in [-0.2, -0.15) is 0 Å². The molecule has 1 unspecified atom stereocenters. The normalized spacial score (nSPS) is 21.4. The fourth-order valence-corrected chi connectivity index (χ4v) is 3.11. The summed E-state index contributed by atoms with van der Waals surface area (Å²) in [5, 5.41) is 3.28. The fourth-order valence-electron chi connectivity index (χ4n) is 3.11. The van der Waals surface area contributed by atoms with E-state index in [4.69, 9.17) is 9.47 Å². The van der Waals surface area contributed by atoms with Crippen LogP contribution in [-0.2, 0) is 19.1 Å². The molecule has 0 aromatic carbocycles. The molecule has 2 heterocycles. The number of hydrogen-bond donors (Lipinski definition) is 1. The first kappa shape index (κ1) is 19.5. The van der Waals surface area contributed by atoms with Crippen LogP contribution in [0, 0.1) is 0 Å². The monoisotopic (exact) mass is 354 g/mol. The highest BCUT2D eigenvalue weighted by Crippen LogP contribution is 2.16. The lowest BCUT2D eigenvalue weighted by Crippen LogP contribution is -2.55. The number of amides is 1. The van der Waals surface area contributed by atoms with E-state index in [0.29, 0.717) is 45.7 Å². The van der Waals surface area contributed by atoms with Gasteiger partial charge >= 0.3 is 5.97 Å². The van der Waals surface area contributed by atoms with Crippen molar-refractivity contribution < 1.29 is 19.1 Å². The molecule has 0 aliphatic carbocycles. The number of ether oxygens (including phenoxy) is 2. The van der Waals surface area contributed by atoms with Crippen LogP contribution in [0.3, 0.4) is 0 Å². The second kappa shape index (κ2) is 10.2. The summed E-state index contributed by atoms with van der Waals surface area (Å²) in [6, 6.07) is 0. The molecule has 1 amide bonds. The van der Waals surface area contributed by atoms with Crippen LogP contribution >= 0.6 is 0 Å². The number of guanidine groups is 1. The van der Waals surface area contributed by atoms with Crippen molar-refractivity contribution in [3.63, 3.8) is 0 Å². The Hall–Kier alpha value is -1.83. The minimum atomic E-state index is -0.244. The molecule has 2 saturated heterocycles. The molecule has 0 aromatic heterocycles. The predicted molar refractivity (Wildman–Crippen MR) is 94.4 cm³/mol. The number of nitrogens with zero attached hydrogens (tertiary/aromatic N) is 3. The molecule has 0 bridgehead atoms. The zero-order valence-corrected chi connectivity index (χ0v) is 15.3. The summed E-state index contributed by atoms with van der Waals surface area (Å²) >= 11 is 0. The minimum absolute atomic E-state index is 0.120. The van der Waals surface area contributed by atoms with Gasteiger partial charge in [0.15, 0.2) is 5.96 Å². The molecule has 2 fully saturated rings. The van der Waals surface area contributed by atoms with Crippen LogP contribution in [0.15, 0.2) is 4.99 Å². The quantitative estimate of drug-likeness (QED) is 0.318. The number of aliphatic imine (C=N–C) groups is 1. The van der Waals surface area contributed by atoms with Gasteiger partial charge in [0.25, 0.3) is 5.91 Å². The van der Waals surface area contributed by atoms with E-state index in [1.54, 1.807) is 14.0 Å². The number of carbonyl (C=O) groups is 2. The van der Waals surface area contributed by atoms with Gasteiger partial charge in [0, 0.05) is 52.8 Å². The van der Waals surface area contributed by atoms with Crippen LogP contribution in [0.4, 0.5) is 0 Å². The molecule has 8 nitrogen and oxygen atoms in total. The van der Waals surface area contributed by atoms with Gasteiger partial charge in [0.2, 0.25) is 0 Å². The van der Waals surface area contributed by atoms with Crippen molar-refractivity contribution in [3.8, 4) is 0 Å². The average molecular weight is 354 g/mol. The van der Waals surface area contributed by atoms with Crippen molar-refractivity contribution in [1.29, 1.82) is 0 Å². The van der Waals surface area contributed by atoms with Crippen molar-refractivity contribution in [2.75, 3.05) is 53.0 Å². The van der Waals surface area contributed by atoms with E-state index in [-0.39, 0.29) is 18.0 Å². The van der Waals surface area contributed by atoms with Gasteiger partial charge in [-0.05, 0) is 26.2 Å². The second-order valence-electron chi connectivity index (χ2n) is 6.20. The lowest BCUT2D eigenvalue weighted by Gasteiger charge is -2.37. The maximum Gasteiger partial charge on any atom is 0.305 e. The van der Waals surface area contributed by atoms with E-state index in [9.17, 15) is 9.59 Å². The largest absolute Gasteiger partial charge is 0.466 e. The highest BCUT2D eigenvalue weighted by Gasteiger charge is 2.30. The van der Waals surface area contributed by atoms with Gasteiger partial charge in [-0.25, -0.2) is 0 Å². The summed E-state index contributed by atoms with van der Waals surface area (Å²) in [5.41, 5.74) is 0. The summed E-state index contributed by atoms with van der Waals surface area (Å²) in [6.07, 6.45) is 2.67. The van der Waals surface area contributed by atoms with E-state index >= 15 is 0 Å².